The van der Waals surface area contributed by atoms with Gasteiger partial charge in [-0.2, -0.15) is 0 Å². The van der Waals surface area contributed by atoms with Gasteiger partial charge in [-0.25, -0.2) is 9.97 Å². The van der Waals surface area contributed by atoms with Gasteiger partial charge in [0.2, 0.25) is 0 Å². The Hall–Kier alpha value is -2.40. The van der Waals surface area contributed by atoms with Gasteiger partial charge in [0.25, 0.3) is 0 Å². The van der Waals surface area contributed by atoms with E-state index in [9.17, 15) is 5.11 Å². The third-order valence-corrected chi connectivity index (χ3v) is 4.93. The van der Waals surface area contributed by atoms with Gasteiger partial charge in [-0.05, 0) is 38.7 Å². The van der Waals surface area contributed by atoms with Gasteiger partial charge in [0.15, 0.2) is 5.82 Å². The van der Waals surface area contributed by atoms with Crippen LogP contribution in [-0.2, 0) is 0 Å². The number of aromatic nitrogens is 3. The number of anilines is 1. The number of aliphatic hydroxyl groups excluding tert-OH is 1. The van der Waals surface area contributed by atoms with E-state index in [4.69, 9.17) is 9.97 Å². The Labute approximate surface area is 141 Å². The zero-order valence-corrected chi connectivity index (χ0v) is 14.0. The molecule has 4 rings (SSSR count). The van der Waals surface area contributed by atoms with Crippen molar-refractivity contribution in [3.05, 3.63) is 41.6 Å². The molecule has 3 aromatic rings. The maximum Gasteiger partial charge on any atom is 0.163 e. The standard InChI is InChI=1S/C19H22N4O/c1-11-12(2)20-18-16(11)19(21-14-8-9-15(24)10-14)23-17(22-18)13-6-4-3-5-7-13/h3-7,14-15,24H,8-10H2,1-2H3,(H2,20,21,22,23)/t14-,15?/m0/s1. The molecule has 1 unspecified atom stereocenters. The lowest BCUT2D eigenvalue weighted by Gasteiger charge is -2.15. The minimum absolute atomic E-state index is 0.206. The van der Waals surface area contributed by atoms with E-state index in [1.807, 2.05) is 30.3 Å². The van der Waals surface area contributed by atoms with Gasteiger partial charge in [0.05, 0.1) is 11.5 Å². The van der Waals surface area contributed by atoms with Crippen LogP contribution in [0.5, 0.6) is 0 Å². The van der Waals surface area contributed by atoms with Crippen molar-refractivity contribution in [2.24, 2.45) is 0 Å². The normalized spacial score (nSPS) is 20.6. The zero-order valence-electron chi connectivity index (χ0n) is 14.0. The molecule has 2 heterocycles. The van der Waals surface area contributed by atoms with Crippen LogP contribution in [0.3, 0.4) is 0 Å². The summed E-state index contributed by atoms with van der Waals surface area (Å²) in [5.74, 6) is 1.57. The number of rotatable bonds is 3. The minimum Gasteiger partial charge on any atom is -0.393 e. The van der Waals surface area contributed by atoms with Crippen LogP contribution in [0.15, 0.2) is 30.3 Å². The summed E-state index contributed by atoms with van der Waals surface area (Å²) < 4.78 is 0. The summed E-state index contributed by atoms with van der Waals surface area (Å²) in [4.78, 5) is 12.9. The largest absolute Gasteiger partial charge is 0.393 e. The van der Waals surface area contributed by atoms with Crippen LogP contribution in [0.1, 0.15) is 30.5 Å². The summed E-state index contributed by atoms with van der Waals surface area (Å²) in [6.07, 6.45) is 2.38. The minimum atomic E-state index is -0.206. The van der Waals surface area contributed by atoms with Gasteiger partial charge in [0.1, 0.15) is 11.5 Å². The molecule has 24 heavy (non-hydrogen) atoms. The van der Waals surface area contributed by atoms with Crippen molar-refractivity contribution >= 4 is 16.9 Å². The SMILES string of the molecule is Cc1[nH]c2nc(-c3ccccc3)nc(N[C@H]3CCC(O)C3)c2c1C. The number of aromatic amines is 1. The van der Waals surface area contributed by atoms with Crippen LogP contribution < -0.4 is 5.32 Å². The molecule has 124 valence electrons. The van der Waals surface area contributed by atoms with Gasteiger partial charge in [-0.3, -0.25) is 0 Å². The first kappa shape index (κ1) is 15.1. The second kappa shape index (κ2) is 5.91. The lowest BCUT2D eigenvalue weighted by Crippen LogP contribution is -2.18. The molecule has 5 heteroatoms. The number of aryl methyl sites for hydroxylation is 2. The highest BCUT2D eigenvalue weighted by molar-refractivity contribution is 5.92. The molecule has 0 radical (unpaired) electrons. The number of hydrogen-bond donors (Lipinski definition) is 3. The van der Waals surface area contributed by atoms with Crippen molar-refractivity contribution < 1.29 is 5.11 Å². The van der Waals surface area contributed by atoms with Gasteiger partial charge in [-0.1, -0.05) is 30.3 Å². The van der Waals surface area contributed by atoms with Gasteiger partial charge < -0.3 is 15.4 Å². The van der Waals surface area contributed by atoms with Crippen molar-refractivity contribution in [3.8, 4) is 11.4 Å². The monoisotopic (exact) mass is 322 g/mol. The highest BCUT2D eigenvalue weighted by atomic mass is 16.3. The lowest BCUT2D eigenvalue weighted by molar-refractivity contribution is 0.182. The number of benzene rings is 1. The number of H-pyrrole nitrogens is 1. The van der Waals surface area contributed by atoms with Crippen LogP contribution >= 0.6 is 0 Å². The van der Waals surface area contributed by atoms with E-state index in [1.165, 1.54) is 5.56 Å². The van der Waals surface area contributed by atoms with Crippen LogP contribution in [0.2, 0.25) is 0 Å². The third kappa shape index (κ3) is 2.65. The molecule has 2 aromatic heterocycles. The van der Waals surface area contributed by atoms with E-state index in [0.717, 1.165) is 47.4 Å². The van der Waals surface area contributed by atoms with Crippen LogP contribution in [0, 0.1) is 13.8 Å². The maximum absolute atomic E-state index is 9.80. The molecule has 2 atom stereocenters. The lowest BCUT2D eigenvalue weighted by atomic mass is 10.1. The summed E-state index contributed by atoms with van der Waals surface area (Å²) in [6, 6.07) is 10.3. The summed E-state index contributed by atoms with van der Waals surface area (Å²) in [7, 11) is 0. The fraction of sp³-hybridized carbons (Fsp3) is 0.368. The quantitative estimate of drug-likeness (QED) is 0.689. The Morgan fingerprint density at radius 1 is 1.12 bits per heavy atom. The van der Waals surface area contributed by atoms with E-state index >= 15 is 0 Å². The summed E-state index contributed by atoms with van der Waals surface area (Å²) >= 11 is 0. The van der Waals surface area contributed by atoms with Gasteiger partial charge in [-0.15, -0.1) is 0 Å². The molecule has 5 nitrogen and oxygen atoms in total. The molecular weight excluding hydrogens is 300 g/mol. The Balaban J connectivity index is 1.82. The first-order valence-electron chi connectivity index (χ1n) is 8.48. The molecule has 1 aliphatic rings. The molecule has 0 amide bonds. The molecule has 1 fully saturated rings. The number of aliphatic hydroxyl groups is 1. The van der Waals surface area contributed by atoms with Crippen molar-refractivity contribution in [3.63, 3.8) is 0 Å². The van der Waals surface area contributed by atoms with E-state index in [-0.39, 0.29) is 12.1 Å². The van der Waals surface area contributed by atoms with Gasteiger partial charge >= 0.3 is 0 Å². The highest BCUT2D eigenvalue weighted by Gasteiger charge is 2.24. The molecular formula is C19H22N4O. The Kier molecular flexibility index (Phi) is 3.73. The molecule has 1 aromatic carbocycles. The Morgan fingerprint density at radius 3 is 2.62 bits per heavy atom. The van der Waals surface area contributed by atoms with E-state index in [1.54, 1.807) is 0 Å². The van der Waals surface area contributed by atoms with Crippen LogP contribution in [0.4, 0.5) is 5.82 Å². The van der Waals surface area contributed by atoms with E-state index in [2.05, 4.69) is 24.1 Å². The Morgan fingerprint density at radius 2 is 1.92 bits per heavy atom. The average Bonchev–Trinajstić information content (AvgIpc) is 3.11. The topological polar surface area (TPSA) is 73.8 Å². The molecule has 0 aliphatic heterocycles. The zero-order chi connectivity index (χ0) is 16.7. The van der Waals surface area contributed by atoms with Crippen molar-refractivity contribution in [1.29, 1.82) is 0 Å². The smallest absolute Gasteiger partial charge is 0.163 e. The maximum atomic E-state index is 9.80. The van der Waals surface area contributed by atoms with Crippen molar-refractivity contribution in [2.45, 2.75) is 45.3 Å². The Bertz CT molecular complexity index is 872. The summed E-state index contributed by atoms with van der Waals surface area (Å²) in [5.41, 5.74) is 4.14. The summed E-state index contributed by atoms with van der Waals surface area (Å²) in [6.45, 7) is 4.15. The third-order valence-electron chi connectivity index (χ3n) is 4.93. The molecule has 1 saturated carbocycles. The number of nitrogens with one attached hydrogen (secondary N) is 2. The second-order valence-corrected chi connectivity index (χ2v) is 6.67. The van der Waals surface area contributed by atoms with Crippen LogP contribution in [-0.4, -0.2) is 32.2 Å². The molecule has 1 aliphatic carbocycles. The van der Waals surface area contributed by atoms with Crippen molar-refractivity contribution in [2.75, 3.05) is 5.32 Å². The van der Waals surface area contributed by atoms with E-state index < -0.39 is 0 Å². The second-order valence-electron chi connectivity index (χ2n) is 6.67. The fourth-order valence-electron chi connectivity index (χ4n) is 3.47. The molecule has 0 bridgehead atoms. The number of hydrogen-bond acceptors (Lipinski definition) is 4. The van der Waals surface area contributed by atoms with Crippen LogP contribution in [0.25, 0.3) is 22.4 Å². The average molecular weight is 322 g/mol. The first-order valence-corrected chi connectivity index (χ1v) is 8.48. The molecule has 0 spiro atoms. The predicted molar refractivity (Wildman–Crippen MR) is 96.1 cm³/mol. The predicted octanol–water partition coefficient (Wildman–Crippen LogP) is 3.57. The molecule has 3 N–H and O–H groups in total. The summed E-state index contributed by atoms with van der Waals surface area (Å²) in [5, 5.41) is 14.4. The first-order chi connectivity index (χ1) is 11.6. The van der Waals surface area contributed by atoms with Gasteiger partial charge in [0, 0.05) is 17.3 Å². The van der Waals surface area contributed by atoms with Crippen molar-refractivity contribution in [1.82, 2.24) is 15.0 Å². The highest BCUT2D eigenvalue weighted by Crippen LogP contribution is 2.31. The number of nitrogens with zero attached hydrogens (tertiary/aromatic N) is 2. The number of fused-ring (bicyclic) bond motifs is 1. The molecule has 0 saturated heterocycles. The fourth-order valence-corrected chi connectivity index (χ4v) is 3.47. The van der Waals surface area contributed by atoms with E-state index in [0.29, 0.717) is 5.82 Å².